The zero-order valence-corrected chi connectivity index (χ0v) is 12.7. The number of allylic oxidation sites excluding steroid dienone is 2. The van der Waals surface area contributed by atoms with Crippen molar-refractivity contribution in [3.05, 3.63) is 29.7 Å². The minimum Gasteiger partial charge on any atom is -0.360 e. The van der Waals surface area contributed by atoms with E-state index in [9.17, 15) is 4.79 Å². The van der Waals surface area contributed by atoms with Crippen molar-refractivity contribution in [2.75, 3.05) is 6.54 Å². The molecule has 1 aromatic rings. The first kappa shape index (κ1) is 14.8. The van der Waals surface area contributed by atoms with E-state index in [0.29, 0.717) is 13.0 Å². The van der Waals surface area contributed by atoms with Crippen LogP contribution in [0.3, 0.4) is 0 Å². The fraction of sp³-hybridized carbons (Fsp3) is 0.625. The van der Waals surface area contributed by atoms with E-state index in [1.807, 2.05) is 11.0 Å². The molecule has 1 atom stereocenters. The highest BCUT2D eigenvalue weighted by molar-refractivity contribution is 5.77. The molecule has 0 aliphatic carbocycles. The number of carbonyl (C=O) groups is 1. The summed E-state index contributed by atoms with van der Waals surface area (Å²) in [6, 6.07) is 1.82. The number of piperidine rings is 1. The van der Waals surface area contributed by atoms with Crippen LogP contribution in [-0.4, -0.2) is 22.5 Å². The first-order valence-electron chi connectivity index (χ1n) is 7.29. The standard InChI is InChI=1S/C16H24N2O2/c1-13(2)5-4-8-16(3)9-6-15(19)18(12-16)11-14-7-10-17-20-14/h5,7,10H,4,6,8-9,11-12H2,1-3H3/t16-/m1/s1. The third-order valence-electron chi connectivity index (χ3n) is 4.01. The van der Waals surface area contributed by atoms with E-state index in [-0.39, 0.29) is 11.3 Å². The topological polar surface area (TPSA) is 46.3 Å². The van der Waals surface area contributed by atoms with Crippen LogP contribution < -0.4 is 0 Å². The first-order valence-corrected chi connectivity index (χ1v) is 7.29. The maximum absolute atomic E-state index is 12.0. The highest BCUT2D eigenvalue weighted by Crippen LogP contribution is 2.35. The Kier molecular flexibility index (Phi) is 4.63. The number of hydrogen-bond donors (Lipinski definition) is 0. The third kappa shape index (κ3) is 3.95. The van der Waals surface area contributed by atoms with Crippen LogP contribution in [0.5, 0.6) is 0 Å². The first-order chi connectivity index (χ1) is 9.48. The SMILES string of the molecule is CC(C)=CCC[C@]1(C)CCC(=O)N(Cc2ccno2)C1. The molecule has 2 heterocycles. The monoisotopic (exact) mass is 276 g/mol. The Hall–Kier alpha value is -1.58. The van der Waals surface area contributed by atoms with Crippen molar-refractivity contribution in [1.29, 1.82) is 0 Å². The van der Waals surface area contributed by atoms with Gasteiger partial charge in [-0.25, -0.2) is 0 Å². The molecule has 2 rings (SSSR count). The van der Waals surface area contributed by atoms with Gasteiger partial charge in [0.1, 0.15) is 0 Å². The van der Waals surface area contributed by atoms with Gasteiger partial charge in [0.15, 0.2) is 5.76 Å². The predicted molar refractivity (Wildman–Crippen MR) is 77.9 cm³/mol. The predicted octanol–water partition coefficient (Wildman–Crippen LogP) is 3.55. The van der Waals surface area contributed by atoms with Gasteiger partial charge in [-0.1, -0.05) is 23.7 Å². The Morgan fingerprint density at radius 3 is 3.00 bits per heavy atom. The van der Waals surface area contributed by atoms with Crippen molar-refractivity contribution in [3.8, 4) is 0 Å². The second-order valence-corrected chi connectivity index (χ2v) is 6.36. The second kappa shape index (κ2) is 6.25. The number of likely N-dealkylation sites (tertiary alicyclic amines) is 1. The number of amides is 1. The largest absolute Gasteiger partial charge is 0.360 e. The summed E-state index contributed by atoms with van der Waals surface area (Å²) < 4.78 is 5.11. The average molecular weight is 276 g/mol. The van der Waals surface area contributed by atoms with Gasteiger partial charge in [-0.3, -0.25) is 4.79 Å². The lowest BCUT2D eigenvalue weighted by Crippen LogP contribution is -2.44. The molecule has 1 saturated heterocycles. The van der Waals surface area contributed by atoms with Crippen molar-refractivity contribution in [2.24, 2.45) is 5.41 Å². The molecule has 0 bridgehead atoms. The Morgan fingerprint density at radius 2 is 2.35 bits per heavy atom. The van der Waals surface area contributed by atoms with Crippen LogP contribution in [0.4, 0.5) is 0 Å². The smallest absolute Gasteiger partial charge is 0.223 e. The zero-order chi connectivity index (χ0) is 14.6. The van der Waals surface area contributed by atoms with Gasteiger partial charge in [-0.15, -0.1) is 0 Å². The molecule has 1 amide bonds. The third-order valence-corrected chi connectivity index (χ3v) is 4.01. The summed E-state index contributed by atoms with van der Waals surface area (Å²) in [7, 11) is 0. The maximum atomic E-state index is 12.0. The molecular weight excluding hydrogens is 252 g/mol. The normalized spacial score (nSPS) is 22.9. The van der Waals surface area contributed by atoms with Crippen LogP contribution in [0.1, 0.15) is 52.2 Å². The molecule has 1 aromatic heterocycles. The second-order valence-electron chi connectivity index (χ2n) is 6.36. The van der Waals surface area contributed by atoms with E-state index in [1.54, 1.807) is 6.20 Å². The Labute approximate surface area is 120 Å². The van der Waals surface area contributed by atoms with E-state index >= 15 is 0 Å². The van der Waals surface area contributed by atoms with Crippen LogP contribution in [0.25, 0.3) is 0 Å². The summed E-state index contributed by atoms with van der Waals surface area (Å²) in [5, 5.41) is 3.70. The molecule has 1 aliphatic rings. The number of rotatable bonds is 5. The maximum Gasteiger partial charge on any atom is 0.223 e. The highest BCUT2D eigenvalue weighted by atomic mass is 16.5. The molecule has 0 spiro atoms. The van der Waals surface area contributed by atoms with Crippen molar-refractivity contribution in [1.82, 2.24) is 10.1 Å². The molecule has 20 heavy (non-hydrogen) atoms. The number of carbonyl (C=O) groups excluding carboxylic acids is 1. The molecule has 0 radical (unpaired) electrons. The fourth-order valence-corrected chi connectivity index (χ4v) is 2.76. The summed E-state index contributed by atoms with van der Waals surface area (Å²) in [6.45, 7) is 7.89. The molecule has 110 valence electrons. The van der Waals surface area contributed by atoms with E-state index in [0.717, 1.165) is 31.6 Å². The quantitative estimate of drug-likeness (QED) is 0.773. The van der Waals surface area contributed by atoms with Gasteiger partial charge in [0.05, 0.1) is 12.7 Å². The molecule has 4 heteroatoms. The minimum absolute atomic E-state index is 0.208. The molecule has 0 aromatic carbocycles. The van der Waals surface area contributed by atoms with E-state index in [4.69, 9.17) is 4.52 Å². The summed E-state index contributed by atoms with van der Waals surface area (Å²) >= 11 is 0. The lowest BCUT2D eigenvalue weighted by molar-refractivity contribution is -0.138. The number of hydrogen-bond acceptors (Lipinski definition) is 3. The highest BCUT2D eigenvalue weighted by Gasteiger charge is 2.34. The van der Waals surface area contributed by atoms with Crippen LogP contribution in [0.2, 0.25) is 0 Å². The Bertz CT molecular complexity index is 475. The van der Waals surface area contributed by atoms with Gasteiger partial charge >= 0.3 is 0 Å². The Balaban J connectivity index is 1.95. The molecule has 4 nitrogen and oxygen atoms in total. The van der Waals surface area contributed by atoms with E-state index in [2.05, 4.69) is 32.0 Å². The molecular formula is C16H24N2O2. The molecule has 0 saturated carbocycles. The van der Waals surface area contributed by atoms with Crippen molar-refractivity contribution in [3.63, 3.8) is 0 Å². The van der Waals surface area contributed by atoms with Crippen molar-refractivity contribution in [2.45, 2.75) is 53.0 Å². The lowest BCUT2D eigenvalue weighted by Gasteiger charge is -2.40. The molecule has 0 unspecified atom stereocenters. The fourth-order valence-electron chi connectivity index (χ4n) is 2.76. The summed E-state index contributed by atoms with van der Waals surface area (Å²) in [6.07, 6.45) is 7.73. The molecule has 1 aliphatic heterocycles. The summed E-state index contributed by atoms with van der Waals surface area (Å²) in [5.41, 5.74) is 1.57. The molecule has 1 fully saturated rings. The summed E-state index contributed by atoms with van der Waals surface area (Å²) in [4.78, 5) is 14.0. The van der Waals surface area contributed by atoms with Gasteiger partial charge in [0.2, 0.25) is 5.91 Å². The van der Waals surface area contributed by atoms with Gasteiger partial charge in [0.25, 0.3) is 0 Å². The van der Waals surface area contributed by atoms with Gasteiger partial charge < -0.3 is 9.42 Å². The van der Waals surface area contributed by atoms with Crippen LogP contribution >= 0.6 is 0 Å². The van der Waals surface area contributed by atoms with Crippen molar-refractivity contribution >= 4 is 5.91 Å². The average Bonchev–Trinajstić information content (AvgIpc) is 2.86. The van der Waals surface area contributed by atoms with Crippen LogP contribution in [-0.2, 0) is 11.3 Å². The lowest BCUT2D eigenvalue weighted by atomic mass is 9.77. The zero-order valence-electron chi connectivity index (χ0n) is 12.7. The van der Waals surface area contributed by atoms with Gasteiger partial charge in [-0.05, 0) is 38.5 Å². The number of aromatic nitrogens is 1. The van der Waals surface area contributed by atoms with E-state index < -0.39 is 0 Å². The Morgan fingerprint density at radius 1 is 1.55 bits per heavy atom. The minimum atomic E-state index is 0.208. The van der Waals surface area contributed by atoms with Crippen LogP contribution in [0.15, 0.2) is 28.4 Å². The number of nitrogens with zero attached hydrogens (tertiary/aromatic N) is 2. The molecule has 0 N–H and O–H groups in total. The van der Waals surface area contributed by atoms with Crippen LogP contribution in [0, 0.1) is 5.41 Å². The van der Waals surface area contributed by atoms with Crippen molar-refractivity contribution < 1.29 is 9.32 Å². The van der Waals surface area contributed by atoms with Gasteiger partial charge in [-0.2, -0.15) is 0 Å². The van der Waals surface area contributed by atoms with Gasteiger partial charge in [0, 0.05) is 19.0 Å². The summed E-state index contributed by atoms with van der Waals surface area (Å²) in [5.74, 6) is 0.980. The van der Waals surface area contributed by atoms with E-state index in [1.165, 1.54) is 5.57 Å².